The number of aliphatic hydroxyl groups is 1. The third-order valence-corrected chi connectivity index (χ3v) is 10.4. The van der Waals surface area contributed by atoms with Crippen LogP contribution in [0.4, 0.5) is 22.7 Å². The Hall–Kier alpha value is -2.78. The first-order valence-electron chi connectivity index (χ1n) is 13.2. The zero-order valence-corrected chi connectivity index (χ0v) is 22.7. The summed E-state index contributed by atoms with van der Waals surface area (Å²) in [5, 5.41) is 15.8. The average Bonchev–Trinajstić information content (AvgIpc) is 3.78. The van der Waals surface area contributed by atoms with Gasteiger partial charge in [0.15, 0.2) is 0 Å². The van der Waals surface area contributed by atoms with Crippen LogP contribution >= 0.6 is 0 Å². The molecule has 9 heteroatoms. The number of nitrogens with one attached hydrogen (secondary N) is 3. The summed E-state index contributed by atoms with van der Waals surface area (Å²) in [5.41, 5.74) is 3.17. The van der Waals surface area contributed by atoms with Crippen LogP contribution in [0.5, 0.6) is 0 Å². The Morgan fingerprint density at radius 1 is 0.973 bits per heavy atom. The third-order valence-electron chi connectivity index (χ3n) is 8.22. The smallest absolute Gasteiger partial charge is 0.257 e. The summed E-state index contributed by atoms with van der Waals surface area (Å²) in [6.07, 6.45) is 6.07. The van der Waals surface area contributed by atoms with E-state index in [0.29, 0.717) is 35.2 Å². The Kier molecular flexibility index (Phi) is 6.43. The number of nitrogens with zero attached hydrogens (tertiary/aromatic N) is 1. The first-order valence-corrected chi connectivity index (χ1v) is 14.6. The van der Waals surface area contributed by atoms with E-state index in [2.05, 4.69) is 20.3 Å². The number of anilines is 4. The van der Waals surface area contributed by atoms with Gasteiger partial charge in [-0.1, -0.05) is 6.07 Å². The lowest BCUT2D eigenvalue weighted by Gasteiger charge is -2.35. The molecule has 3 fully saturated rings. The van der Waals surface area contributed by atoms with Crippen molar-refractivity contribution in [3.8, 4) is 0 Å². The Balaban J connectivity index is 1.39. The van der Waals surface area contributed by atoms with E-state index >= 15 is 0 Å². The summed E-state index contributed by atoms with van der Waals surface area (Å²) >= 11 is 0. The second-order valence-electron chi connectivity index (χ2n) is 12.0. The van der Waals surface area contributed by atoms with Gasteiger partial charge in [-0.3, -0.25) is 9.52 Å². The molecule has 8 nitrogen and oxygen atoms in total. The predicted octanol–water partition coefficient (Wildman–Crippen LogP) is 4.80. The van der Waals surface area contributed by atoms with Crippen LogP contribution in [0, 0.1) is 5.41 Å². The van der Waals surface area contributed by atoms with Crippen molar-refractivity contribution in [3.05, 3.63) is 48.0 Å². The van der Waals surface area contributed by atoms with Crippen molar-refractivity contribution in [3.63, 3.8) is 0 Å². The van der Waals surface area contributed by atoms with Crippen LogP contribution in [-0.4, -0.2) is 49.4 Å². The highest BCUT2D eigenvalue weighted by Gasteiger charge is 2.50. The Morgan fingerprint density at radius 2 is 1.65 bits per heavy atom. The van der Waals surface area contributed by atoms with Crippen LogP contribution < -0.4 is 20.3 Å². The molecule has 3 aliphatic rings. The maximum absolute atomic E-state index is 13.5. The van der Waals surface area contributed by atoms with Gasteiger partial charge in [-0.05, 0) is 101 Å². The molecular weight excluding hydrogens is 488 g/mol. The number of sulfonamides is 1. The summed E-state index contributed by atoms with van der Waals surface area (Å²) in [6.45, 7) is 7.23. The fourth-order valence-corrected chi connectivity index (χ4v) is 6.30. The summed E-state index contributed by atoms with van der Waals surface area (Å²) in [5.74, 6) is -0.246. The Labute approximate surface area is 219 Å². The van der Waals surface area contributed by atoms with Crippen LogP contribution in [-0.2, 0) is 10.0 Å². The molecule has 0 radical (unpaired) electrons. The van der Waals surface area contributed by atoms with Gasteiger partial charge in [0, 0.05) is 24.5 Å². The average molecular weight is 527 g/mol. The van der Waals surface area contributed by atoms with Crippen LogP contribution in [0.1, 0.15) is 69.7 Å². The highest BCUT2D eigenvalue weighted by molar-refractivity contribution is 7.94. The summed E-state index contributed by atoms with van der Waals surface area (Å²) in [4.78, 5) is 15.7. The SMILES string of the molecule is CC(C)(CO)Nc1cccc(NC(=O)c2ccc(NS(=O)(=O)C3(C)CC3)cc2N2CCC3(CC2)CC3)c1. The number of carbonyl (C=O) groups excluding carboxylic acids is 1. The van der Waals surface area contributed by atoms with Gasteiger partial charge in [-0.2, -0.15) is 0 Å². The highest BCUT2D eigenvalue weighted by atomic mass is 32.2. The fraction of sp³-hybridized carbons (Fsp3) is 0.536. The van der Waals surface area contributed by atoms with Crippen LogP contribution in [0.3, 0.4) is 0 Å². The minimum absolute atomic E-state index is 0.0284. The molecular formula is C28H38N4O4S. The number of aliphatic hydroxyl groups excluding tert-OH is 1. The van der Waals surface area contributed by atoms with Gasteiger partial charge in [-0.15, -0.1) is 0 Å². The monoisotopic (exact) mass is 526 g/mol. The fourth-order valence-electron chi connectivity index (χ4n) is 4.97. The molecule has 4 N–H and O–H groups in total. The number of carbonyl (C=O) groups is 1. The summed E-state index contributed by atoms with van der Waals surface area (Å²) in [7, 11) is -3.49. The van der Waals surface area contributed by atoms with Crippen molar-refractivity contribution in [2.45, 2.75) is 69.6 Å². The van der Waals surface area contributed by atoms with Crippen molar-refractivity contribution in [2.75, 3.05) is 40.0 Å². The Morgan fingerprint density at radius 3 is 2.27 bits per heavy atom. The molecule has 5 rings (SSSR count). The molecule has 2 aromatic carbocycles. The minimum atomic E-state index is -3.49. The van der Waals surface area contributed by atoms with Crippen molar-refractivity contribution in [1.29, 1.82) is 0 Å². The van der Waals surface area contributed by atoms with Crippen LogP contribution in [0.2, 0.25) is 0 Å². The molecule has 1 amide bonds. The van der Waals surface area contributed by atoms with E-state index in [4.69, 9.17) is 0 Å². The van der Waals surface area contributed by atoms with Crippen LogP contribution in [0.15, 0.2) is 42.5 Å². The highest BCUT2D eigenvalue weighted by Crippen LogP contribution is 2.54. The maximum atomic E-state index is 13.5. The van der Waals surface area contributed by atoms with E-state index in [9.17, 15) is 18.3 Å². The molecule has 0 atom stereocenters. The molecule has 1 heterocycles. The summed E-state index contributed by atoms with van der Waals surface area (Å²) < 4.78 is 27.8. The van der Waals surface area contributed by atoms with Gasteiger partial charge >= 0.3 is 0 Å². The molecule has 37 heavy (non-hydrogen) atoms. The van der Waals surface area contributed by atoms with Crippen molar-refractivity contribution < 1.29 is 18.3 Å². The topological polar surface area (TPSA) is 111 Å². The quantitative estimate of drug-likeness (QED) is 0.374. The second-order valence-corrected chi connectivity index (χ2v) is 14.2. The van der Waals surface area contributed by atoms with Gasteiger partial charge in [0.1, 0.15) is 0 Å². The van der Waals surface area contributed by atoms with E-state index < -0.39 is 20.3 Å². The predicted molar refractivity (Wildman–Crippen MR) is 149 cm³/mol. The largest absolute Gasteiger partial charge is 0.394 e. The molecule has 0 bridgehead atoms. The van der Waals surface area contributed by atoms with Gasteiger partial charge in [-0.25, -0.2) is 8.42 Å². The lowest BCUT2D eigenvalue weighted by atomic mass is 9.93. The number of hydrogen-bond acceptors (Lipinski definition) is 6. The second kappa shape index (κ2) is 9.20. The first kappa shape index (κ1) is 25.9. The third kappa shape index (κ3) is 5.57. The van der Waals surface area contributed by atoms with Gasteiger partial charge < -0.3 is 20.6 Å². The Bertz CT molecular complexity index is 1290. The van der Waals surface area contributed by atoms with Gasteiger partial charge in [0.2, 0.25) is 10.0 Å². The number of benzene rings is 2. The maximum Gasteiger partial charge on any atom is 0.257 e. The molecule has 1 aliphatic heterocycles. The van der Waals surface area contributed by atoms with Gasteiger partial charge in [0.05, 0.1) is 33.8 Å². The molecule has 200 valence electrons. The normalized spacial score (nSPS) is 19.8. The number of rotatable bonds is 9. The van der Waals surface area contributed by atoms with Crippen molar-refractivity contribution >= 4 is 38.7 Å². The zero-order chi connectivity index (χ0) is 26.5. The van der Waals surface area contributed by atoms with Crippen LogP contribution in [0.25, 0.3) is 0 Å². The molecule has 1 spiro atoms. The van der Waals surface area contributed by atoms with Crippen molar-refractivity contribution in [2.24, 2.45) is 5.41 Å². The summed E-state index contributed by atoms with van der Waals surface area (Å²) in [6, 6.07) is 12.6. The standard InChI is InChI=1S/C28H38N4O4S/c1-26(2,19-33)30-21-6-4-5-20(17-21)29-25(34)23-8-7-22(31-37(35,36)27(3)9-10-27)18-24(23)32-15-13-28(11-12-28)14-16-32/h4-8,17-18,30-31,33H,9-16,19H2,1-3H3,(H,29,34). The van der Waals surface area contributed by atoms with Crippen molar-refractivity contribution in [1.82, 2.24) is 0 Å². The lowest BCUT2D eigenvalue weighted by molar-refractivity contribution is 0.102. The molecule has 2 saturated carbocycles. The molecule has 2 aliphatic carbocycles. The first-order chi connectivity index (χ1) is 17.4. The number of amides is 1. The number of piperidine rings is 1. The molecule has 0 aromatic heterocycles. The molecule has 1 saturated heterocycles. The molecule has 0 unspecified atom stereocenters. The van der Waals surface area contributed by atoms with Gasteiger partial charge in [0.25, 0.3) is 5.91 Å². The van der Waals surface area contributed by atoms with E-state index in [1.54, 1.807) is 19.1 Å². The molecule has 2 aromatic rings. The van der Waals surface area contributed by atoms with E-state index in [1.807, 2.05) is 44.2 Å². The van der Waals surface area contributed by atoms with E-state index in [1.165, 1.54) is 12.8 Å². The lowest BCUT2D eigenvalue weighted by Crippen LogP contribution is -2.36. The van der Waals surface area contributed by atoms with E-state index in [0.717, 1.165) is 37.3 Å². The van der Waals surface area contributed by atoms with E-state index in [-0.39, 0.29) is 12.5 Å². The number of hydrogen-bond donors (Lipinski definition) is 4. The zero-order valence-electron chi connectivity index (χ0n) is 21.9. The minimum Gasteiger partial charge on any atom is -0.394 e.